The summed E-state index contributed by atoms with van der Waals surface area (Å²) in [4.78, 5) is 22.2. The maximum Gasteiger partial charge on any atom is 0.255 e. The van der Waals surface area contributed by atoms with E-state index in [-0.39, 0.29) is 11.7 Å². The van der Waals surface area contributed by atoms with E-state index in [4.69, 9.17) is 0 Å². The molecule has 2 aromatic rings. The summed E-state index contributed by atoms with van der Waals surface area (Å²) in [5, 5.41) is 2.65. The quantitative estimate of drug-likeness (QED) is 0.842. The van der Waals surface area contributed by atoms with Crippen molar-refractivity contribution in [1.82, 2.24) is 0 Å². The predicted molar refractivity (Wildman–Crippen MR) is 66.2 cm³/mol. The van der Waals surface area contributed by atoms with Gasteiger partial charge in [-0.15, -0.1) is 0 Å². The molecule has 0 radical (unpaired) electrons. The van der Waals surface area contributed by atoms with Crippen molar-refractivity contribution in [3.05, 3.63) is 65.5 Å². The molecule has 0 saturated heterocycles. The predicted octanol–water partition coefficient (Wildman–Crippen LogP) is 2.89. The van der Waals surface area contributed by atoms with Crippen molar-refractivity contribution in [3.8, 4) is 0 Å². The summed E-state index contributed by atoms with van der Waals surface area (Å²) < 4.78 is 12.7. The van der Waals surface area contributed by atoms with Crippen LogP contribution in [-0.4, -0.2) is 12.2 Å². The number of nitrogens with one attached hydrogen (secondary N) is 1. The van der Waals surface area contributed by atoms with E-state index in [2.05, 4.69) is 5.32 Å². The van der Waals surface area contributed by atoms with Crippen molar-refractivity contribution < 1.29 is 14.0 Å². The maximum absolute atomic E-state index is 12.7. The van der Waals surface area contributed by atoms with E-state index in [0.29, 0.717) is 16.8 Å². The zero-order valence-electron chi connectivity index (χ0n) is 9.39. The molecule has 0 aliphatic carbocycles. The molecule has 0 fully saturated rings. The fraction of sp³-hybridized carbons (Fsp3) is 0. The van der Waals surface area contributed by atoms with Gasteiger partial charge in [-0.2, -0.15) is 0 Å². The molecular weight excluding hydrogens is 233 g/mol. The monoisotopic (exact) mass is 243 g/mol. The molecule has 4 heteroatoms. The highest BCUT2D eigenvalue weighted by Crippen LogP contribution is 2.11. The molecule has 2 aromatic carbocycles. The fourth-order valence-electron chi connectivity index (χ4n) is 1.45. The first-order valence-corrected chi connectivity index (χ1v) is 5.31. The summed E-state index contributed by atoms with van der Waals surface area (Å²) in [7, 11) is 0. The van der Waals surface area contributed by atoms with Gasteiger partial charge in [0.1, 0.15) is 12.1 Å². The Morgan fingerprint density at radius 3 is 2.17 bits per heavy atom. The van der Waals surface area contributed by atoms with Gasteiger partial charge in [-0.1, -0.05) is 0 Å². The average Bonchev–Trinajstić information content (AvgIpc) is 2.40. The van der Waals surface area contributed by atoms with Gasteiger partial charge in [0.2, 0.25) is 0 Å². The Kier molecular flexibility index (Phi) is 3.48. The van der Waals surface area contributed by atoms with Gasteiger partial charge in [-0.25, -0.2) is 4.39 Å². The Bertz CT molecular complexity index is 561. The van der Waals surface area contributed by atoms with E-state index in [9.17, 15) is 14.0 Å². The lowest BCUT2D eigenvalue weighted by molar-refractivity contribution is 0.102. The number of benzene rings is 2. The molecule has 0 aromatic heterocycles. The summed E-state index contributed by atoms with van der Waals surface area (Å²) in [5.41, 5.74) is 1.49. The normalized spacial score (nSPS) is 9.83. The van der Waals surface area contributed by atoms with Gasteiger partial charge in [0.25, 0.3) is 5.91 Å². The highest BCUT2D eigenvalue weighted by Gasteiger charge is 2.05. The average molecular weight is 243 g/mol. The topological polar surface area (TPSA) is 46.2 Å². The Balaban J connectivity index is 2.10. The molecule has 3 nitrogen and oxygen atoms in total. The Morgan fingerprint density at radius 2 is 1.61 bits per heavy atom. The third-order valence-electron chi connectivity index (χ3n) is 2.41. The molecule has 18 heavy (non-hydrogen) atoms. The van der Waals surface area contributed by atoms with Crippen LogP contribution in [0.1, 0.15) is 20.7 Å². The minimum atomic E-state index is -0.387. The lowest BCUT2D eigenvalue weighted by atomic mass is 10.2. The highest BCUT2D eigenvalue weighted by molar-refractivity contribution is 6.04. The van der Waals surface area contributed by atoms with E-state index >= 15 is 0 Å². The van der Waals surface area contributed by atoms with Crippen LogP contribution in [0.15, 0.2) is 48.5 Å². The van der Waals surface area contributed by atoms with Crippen molar-refractivity contribution in [2.45, 2.75) is 0 Å². The Labute approximate surface area is 103 Å². The summed E-state index contributed by atoms with van der Waals surface area (Å²) >= 11 is 0. The second kappa shape index (κ2) is 5.23. The van der Waals surface area contributed by atoms with Crippen LogP contribution < -0.4 is 5.32 Å². The van der Waals surface area contributed by atoms with Gasteiger partial charge in [0.15, 0.2) is 0 Å². The Morgan fingerprint density at radius 1 is 1.00 bits per heavy atom. The van der Waals surface area contributed by atoms with E-state index in [0.717, 1.165) is 6.29 Å². The van der Waals surface area contributed by atoms with Gasteiger partial charge in [0, 0.05) is 16.8 Å². The van der Waals surface area contributed by atoms with Gasteiger partial charge in [-0.05, 0) is 48.5 Å². The van der Waals surface area contributed by atoms with Crippen LogP contribution in [0.2, 0.25) is 0 Å². The molecule has 0 atom stereocenters. The molecule has 0 heterocycles. The van der Waals surface area contributed by atoms with Crippen LogP contribution in [0.25, 0.3) is 0 Å². The van der Waals surface area contributed by atoms with Crippen LogP contribution in [-0.2, 0) is 0 Å². The van der Waals surface area contributed by atoms with E-state index in [1.807, 2.05) is 0 Å². The van der Waals surface area contributed by atoms with Gasteiger partial charge >= 0.3 is 0 Å². The number of rotatable bonds is 3. The lowest BCUT2D eigenvalue weighted by Gasteiger charge is -2.05. The number of carbonyl (C=O) groups is 2. The zero-order valence-corrected chi connectivity index (χ0v) is 9.39. The molecule has 0 aliphatic rings. The van der Waals surface area contributed by atoms with Crippen molar-refractivity contribution >= 4 is 17.9 Å². The van der Waals surface area contributed by atoms with Crippen molar-refractivity contribution in [2.24, 2.45) is 0 Å². The largest absolute Gasteiger partial charge is 0.322 e. The van der Waals surface area contributed by atoms with Crippen LogP contribution in [0.4, 0.5) is 10.1 Å². The minimum Gasteiger partial charge on any atom is -0.322 e. The van der Waals surface area contributed by atoms with Crippen molar-refractivity contribution in [1.29, 1.82) is 0 Å². The molecule has 0 aliphatic heterocycles. The van der Waals surface area contributed by atoms with Gasteiger partial charge in [-0.3, -0.25) is 9.59 Å². The number of hydrogen-bond acceptors (Lipinski definition) is 2. The SMILES string of the molecule is O=Cc1ccc(NC(=O)c2ccc(F)cc2)cc1. The summed E-state index contributed by atoms with van der Waals surface area (Å²) in [5.74, 6) is -0.712. The third kappa shape index (κ3) is 2.79. The van der Waals surface area contributed by atoms with Crippen LogP contribution >= 0.6 is 0 Å². The molecule has 0 unspecified atom stereocenters. The van der Waals surface area contributed by atoms with Gasteiger partial charge < -0.3 is 5.32 Å². The minimum absolute atomic E-state index is 0.325. The first-order chi connectivity index (χ1) is 8.69. The first-order valence-electron chi connectivity index (χ1n) is 5.31. The number of hydrogen-bond donors (Lipinski definition) is 1. The molecule has 2 rings (SSSR count). The van der Waals surface area contributed by atoms with E-state index < -0.39 is 0 Å². The fourth-order valence-corrected chi connectivity index (χ4v) is 1.45. The summed E-state index contributed by atoms with van der Waals surface area (Å²) in [6.45, 7) is 0. The number of anilines is 1. The number of aldehydes is 1. The molecule has 0 bridgehead atoms. The first kappa shape index (κ1) is 12.0. The standard InChI is InChI=1S/C14H10FNO2/c15-12-5-3-11(4-6-12)14(18)16-13-7-1-10(9-17)2-8-13/h1-9H,(H,16,18). The van der Waals surface area contributed by atoms with Crippen LogP contribution in [0.5, 0.6) is 0 Å². The van der Waals surface area contributed by atoms with E-state index in [1.54, 1.807) is 24.3 Å². The molecule has 1 N–H and O–H groups in total. The van der Waals surface area contributed by atoms with Crippen molar-refractivity contribution in [3.63, 3.8) is 0 Å². The van der Waals surface area contributed by atoms with E-state index in [1.165, 1.54) is 24.3 Å². The Hall–Kier alpha value is -2.49. The lowest BCUT2D eigenvalue weighted by Crippen LogP contribution is -2.11. The van der Waals surface area contributed by atoms with Crippen LogP contribution in [0.3, 0.4) is 0 Å². The molecule has 1 amide bonds. The highest BCUT2D eigenvalue weighted by atomic mass is 19.1. The number of halogens is 1. The molecule has 0 saturated carbocycles. The third-order valence-corrected chi connectivity index (χ3v) is 2.41. The zero-order chi connectivity index (χ0) is 13.0. The smallest absolute Gasteiger partial charge is 0.255 e. The van der Waals surface area contributed by atoms with Crippen molar-refractivity contribution in [2.75, 3.05) is 5.32 Å². The number of amides is 1. The summed E-state index contributed by atoms with van der Waals surface area (Å²) in [6, 6.07) is 11.7. The second-order valence-corrected chi connectivity index (χ2v) is 3.70. The summed E-state index contributed by atoms with van der Waals surface area (Å²) in [6.07, 6.45) is 0.728. The van der Waals surface area contributed by atoms with Crippen LogP contribution in [0, 0.1) is 5.82 Å². The molecule has 0 spiro atoms. The second-order valence-electron chi connectivity index (χ2n) is 3.70. The number of carbonyl (C=O) groups excluding carboxylic acids is 2. The van der Waals surface area contributed by atoms with Gasteiger partial charge in [0.05, 0.1) is 0 Å². The maximum atomic E-state index is 12.7. The molecular formula is C14H10FNO2. The molecule has 90 valence electrons.